The Morgan fingerprint density at radius 2 is 1.12 bits per heavy atom. The molecule has 9 nitrogen and oxygen atoms in total. The third-order valence-corrected chi connectivity index (χ3v) is 8.94. The monoisotopic (exact) mass is 740 g/mol. The van der Waals surface area contributed by atoms with Crippen LogP contribution in [0.15, 0.2) is 48.6 Å². The first-order valence-electron chi connectivity index (χ1n) is 20.0. The predicted octanol–water partition coefficient (Wildman–Crippen LogP) is 10.9. The van der Waals surface area contributed by atoms with E-state index in [0.717, 1.165) is 57.8 Å². The lowest BCUT2D eigenvalue weighted by molar-refractivity contribution is -0.161. The van der Waals surface area contributed by atoms with Crippen LogP contribution in [-0.2, 0) is 28.2 Å². The fraction of sp³-hybridized carbons (Fsp3) is 0.756. The van der Waals surface area contributed by atoms with Crippen LogP contribution < -0.4 is 0 Å². The van der Waals surface area contributed by atoms with Gasteiger partial charge in [-0.15, -0.1) is 0 Å². The minimum absolute atomic E-state index is 0.172. The summed E-state index contributed by atoms with van der Waals surface area (Å²) in [6, 6.07) is 0. The molecular weight excluding hydrogens is 667 g/mol. The van der Waals surface area contributed by atoms with E-state index in [9.17, 15) is 19.3 Å². The summed E-state index contributed by atoms with van der Waals surface area (Å²) in [4.78, 5) is 42.7. The second kappa shape index (κ2) is 36.3. The fourth-order valence-electron chi connectivity index (χ4n) is 5.42. The number of ether oxygens (including phenoxy) is 2. The molecule has 0 saturated carbocycles. The van der Waals surface area contributed by atoms with Crippen LogP contribution in [0.4, 0.5) is 0 Å². The van der Waals surface area contributed by atoms with Gasteiger partial charge in [-0.1, -0.05) is 172 Å². The van der Waals surface area contributed by atoms with Gasteiger partial charge in [-0.25, -0.2) is 4.57 Å². The molecule has 3 N–H and O–H groups in total. The normalized spacial score (nSPS) is 13.6. The molecule has 0 spiro atoms. The van der Waals surface area contributed by atoms with Gasteiger partial charge in [-0.05, 0) is 38.5 Å². The molecule has 0 radical (unpaired) electrons. The fourth-order valence-corrected chi connectivity index (χ4v) is 5.78. The van der Waals surface area contributed by atoms with Crippen molar-refractivity contribution in [3.8, 4) is 0 Å². The Morgan fingerprint density at radius 1 is 0.608 bits per heavy atom. The van der Waals surface area contributed by atoms with Crippen LogP contribution >= 0.6 is 7.82 Å². The number of aliphatic hydroxyl groups is 1. The molecule has 51 heavy (non-hydrogen) atoms. The van der Waals surface area contributed by atoms with Crippen molar-refractivity contribution in [1.82, 2.24) is 0 Å². The smallest absolute Gasteiger partial charge is 0.462 e. The van der Waals surface area contributed by atoms with Crippen molar-refractivity contribution in [1.29, 1.82) is 0 Å². The Labute approximate surface area is 310 Å². The SMILES string of the molecule is CCCCCCCCCCCCCCCCCC(=O)O[C@H](COC(=O)CCC/C=C\C/C=C\C/C=C\C=C\[C@H](O)CCCCC)COP(=O)(O)O. The minimum Gasteiger partial charge on any atom is -0.462 e. The van der Waals surface area contributed by atoms with Gasteiger partial charge in [-0.3, -0.25) is 14.1 Å². The number of allylic oxidation sites excluding steroid dienone is 7. The zero-order valence-corrected chi connectivity index (χ0v) is 33.0. The van der Waals surface area contributed by atoms with Crippen LogP contribution in [0.5, 0.6) is 0 Å². The lowest BCUT2D eigenvalue weighted by Crippen LogP contribution is -2.29. The number of hydrogen-bond donors (Lipinski definition) is 3. The average Bonchev–Trinajstić information content (AvgIpc) is 3.09. The van der Waals surface area contributed by atoms with Gasteiger partial charge >= 0.3 is 19.8 Å². The molecule has 0 aliphatic carbocycles. The number of esters is 2. The Balaban J connectivity index is 4.08. The van der Waals surface area contributed by atoms with Crippen LogP contribution in [0.3, 0.4) is 0 Å². The standard InChI is InChI=1S/C41H73O9P/c1-3-5-7-8-9-10-11-12-13-14-17-21-24-27-31-35-41(44)50-39(37-49-51(45,46)47)36-48-40(43)34-30-26-23-20-18-15-16-19-22-25-29-33-38(42)32-28-6-4-2/h15-16,20,22-23,25,29,33,38-39,42H,3-14,17-19,21,24,26-28,30-32,34-37H2,1-2H3,(H2,45,46,47)/b16-15-,23-20-,25-22-,33-29+/t38-,39-/m1/s1. The summed E-state index contributed by atoms with van der Waals surface area (Å²) in [6.07, 6.45) is 40.2. The highest BCUT2D eigenvalue weighted by Crippen LogP contribution is 2.36. The van der Waals surface area contributed by atoms with E-state index in [1.165, 1.54) is 70.6 Å². The number of phosphoric ester groups is 1. The molecular formula is C41H73O9P. The van der Waals surface area contributed by atoms with Crippen molar-refractivity contribution in [2.75, 3.05) is 13.2 Å². The highest BCUT2D eigenvalue weighted by atomic mass is 31.2. The van der Waals surface area contributed by atoms with E-state index >= 15 is 0 Å². The molecule has 0 saturated heterocycles. The Morgan fingerprint density at radius 3 is 1.71 bits per heavy atom. The molecule has 0 unspecified atom stereocenters. The van der Waals surface area contributed by atoms with Crippen molar-refractivity contribution in [2.45, 2.75) is 187 Å². The maximum Gasteiger partial charge on any atom is 0.469 e. The number of carbonyl (C=O) groups excluding carboxylic acids is 2. The predicted molar refractivity (Wildman–Crippen MR) is 208 cm³/mol. The van der Waals surface area contributed by atoms with E-state index in [1.807, 2.05) is 36.5 Å². The highest BCUT2D eigenvalue weighted by molar-refractivity contribution is 7.46. The lowest BCUT2D eigenvalue weighted by atomic mass is 10.0. The Kier molecular flexibility index (Phi) is 34.9. The number of carbonyl (C=O) groups is 2. The first-order chi connectivity index (χ1) is 24.7. The number of rotatable bonds is 36. The molecule has 0 aliphatic heterocycles. The van der Waals surface area contributed by atoms with E-state index in [4.69, 9.17) is 19.3 Å². The topological polar surface area (TPSA) is 140 Å². The molecule has 0 aromatic heterocycles. The van der Waals surface area contributed by atoms with E-state index in [2.05, 4.69) is 30.5 Å². The molecule has 0 rings (SSSR count). The van der Waals surface area contributed by atoms with E-state index in [-0.39, 0.29) is 25.6 Å². The van der Waals surface area contributed by atoms with E-state index in [0.29, 0.717) is 19.3 Å². The van der Waals surface area contributed by atoms with E-state index in [1.54, 1.807) is 0 Å². The molecule has 0 aromatic carbocycles. The van der Waals surface area contributed by atoms with E-state index < -0.39 is 32.5 Å². The molecule has 0 bridgehead atoms. The quantitative estimate of drug-likeness (QED) is 0.0188. The number of hydrogen-bond acceptors (Lipinski definition) is 7. The number of aliphatic hydroxyl groups excluding tert-OH is 1. The van der Waals surface area contributed by atoms with Gasteiger partial charge < -0.3 is 24.4 Å². The summed E-state index contributed by atoms with van der Waals surface area (Å²) in [6.45, 7) is 3.51. The number of unbranched alkanes of at least 4 members (excludes halogenated alkanes) is 17. The third kappa shape index (κ3) is 39.0. The molecule has 0 fully saturated rings. The summed E-state index contributed by atoms with van der Waals surface area (Å²) in [7, 11) is -4.77. The van der Waals surface area contributed by atoms with Gasteiger partial charge in [0.05, 0.1) is 12.7 Å². The number of phosphoric acid groups is 1. The summed E-state index contributed by atoms with van der Waals surface area (Å²) < 4.78 is 26.3. The minimum atomic E-state index is -4.77. The van der Waals surface area contributed by atoms with Crippen LogP contribution in [0.2, 0.25) is 0 Å². The van der Waals surface area contributed by atoms with Crippen molar-refractivity contribution < 1.29 is 43.0 Å². The second-order valence-electron chi connectivity index (χ2n) is 13.5. The van der Waals surface area contributed by atoms with Crippen LogP contribution in [-0.4, -0.2) is 52.3 Å². The van der Waals surface area contributed by atoms with Crippen molar-refractivity contribution in [3.63, 3.8) is 0 Å². The summed E-state index contributed by atoms with van der Waals surface area (Å²) >= 11 is 0. The summed E-state index contributed by atoms with van der Waals surface area (Å²) in [5.74, 6) is -0.975. The van der Waals surface area contributed by atoms with Crippen molar-refractivity contribution in [3.05, 3.63) is 48.6 Å². The molecule has 0 aromatic rings. The highest BCUT2D eigenvalue weighted by Gasteiger charge is 2.22. The molecule has 10 heteroatoms. The lowest BCUT2D eigenvalue weighted by Gasteiger charge is -2.18. The van der Waals surface area contributed by atoms with Gasteiger partial charge in [0.1, 0.15) is 6.61 Å². The van der Waals surface area contributed by atoms with Crippen molar-refractivity contribution in [2.24, 2.45) is 0 Å². The molecule has 0 aliphatic rings. The summed E-state index contributed by atoms with van der Waals surface area (Å²) in [5.41, 5.74) is 0. The third-order valence-electron chi connectivity index (χ3n) is 8.45. The summed E-state index contributed by atoms with van der Waals surface area (Å²) in [5, 5.41) is 9.86. The Hall–Kier alpha value is -2.03. The largest absolute Gasteiger partial charge is 0.469 e. The van der Waals surface area contributed by atoms with Crippen molar-refractivity contribution >= 4 is 19.8 Å². The molecule has 0 amide bonds. The molecule has 2 atom stereocenters. The van der Waals surface area contributed by atoms with Gasteiger partial charge in [0.2, 0.25) is 0 Å². The molecule has 296 valence electrons. The van der Waals surface area contributed by atoms with Crippen LogP contribution in [0.25, 0.3) is 0 Å². The van der Waals surface area contributed by atoms with Crippen LogP contribution in [0.1, 0.15) is 174 Å². The van der Waals surface area contributed by atoms with Gasteiger partial charge in [0, 0.05) is 12.8 Å². The van der Waals surface area contributed by atoms with Gasteiger partial charge in [0.25, 0.3) is 0 Å². The first-order valence-corrected chi connectivity index (χ1v) is 21.6. The molecule has 0 heterocycles. The zero-order chi connectivity index (χ0) is 37.7. The van der Waals surface area contributed by atoms with Gasteiger partial charge in [-0.2, -0.15) is 0 Å². The first kappa shape index (κ1) is 49.0. The second-order valence-corrected chi connectivity index (χ2v) is 14.7. The van der Waals surface area contributed by atoms with Crippen LogP contribution in [0, 0.1) is 0 Å². The average molecular weight is 741 g/mol. The maximum atomic E-state index is 12.4. The Bertz CT molecular complexity index is 986. The zero-order valence-electron chi connectivity index (χ0n) is 32.1. The maximum absolute atomic E-state index is 12.4. The van der Waals surface area contributed by atoms with Gasteiger partial charge in [0.15, 0.2) is 6.10 Å².